The van der Waals surface area contributed by atoms with Gasteiger partial charge in [-0.3, -0.25) is 9.59 Å². The van der Waals surface area contributed by atoms with Crippen LogP contribution in [0.2, 0.25) is 0 Å². The van der Waals surface area contributed by atoms with Crippen molar-refractivity contribution in [2.75, 3.05) is 45.9 Å². The van der Waals surface area contributed by atoms with Gasteiger partial charge in [0.2, 0.25) is 17.6 Å². The topological polar surface area (TPSA) is 68.3 Å². The summed E-state index contributed by atoms with van der Waals surface area (Å²) in [6, 6.07) is 3.35. The van der Waals surface area contributed by atoms with Crippen LogP contribution in [0.3, 0.4) is 0 Å². The molecule has 2 amide bonds. The average Bonchev–Trinajstić information content (AvgIpc) is 2.64. The maximum Gasteiger partial charge on any atom is 0.242 e. The number of benzene rings is 1. The quantitative estimate of drug-likeness (QED) is 0.786. The highest BCUT2D eigenvalue weighted by atomic mass is 16.5. The van der Waals surface area contributed by atoms with Gasteiger partial charge in [0, 0.05) is 32.1 Å². The molecule has 1 aliphatic heterocycles. The lowest BCUT2D eigenvalue weighted by atomic mass is 10.1. The van der Waals surface area contributed by atoms with Crippen molar-refractivity contribution < 1.29 is 23.8 Å². The van der Waals surface area contributed by atoms with Crippen molar-refractivity contribution >= 4 is 17.5 Å². The molecule has 0 saturated carbocycles. The molecule has 0 radical (unpaired) electrons. The Bertz CT molecular complexity index is 601. The van der Waals surface area contributed by atoms with Crippen LogP contribution in [0.15, 0.2) is 12.1 Å². The summed E-state index contributed by atoms with van der Waals surface area (Å²) in [5.41, 5.74) is 0.535. The van der Waals surface area contributed by atoms with Crippen LogP contribution in [0.4, 0.5) is 5.69 Å². The molecule has 7 nitrogen and oxygen atoms in total. The first kappa shape index (κ1) is 18.9. The average molecular weight is 350 g/mol. The Morgan fingerprint density at radius 2 is 1.56 bits per heavy atom. The molecule has 0 atom stereocenters. The zero-order chi connectivity index (χ0) is 18.4. The zero-order valence-corrected chi connectivity index (χ0v) is 15.3. The summed E-state index contributed by atoms with van der Waals surface area (Å²) < 4.78 is 16.0. The van der Waals surface area contributed by atoms with E-state index in [4.69, 9.17) is 14.2 Å². The number of likely N-dealkylation sites (tertiary alicyclic amines) is 1. The number of nitrogens with zero attached hydrogens (tertiary/aromatic N) is 2. The lowest BCUT2D eigenvalue weighted by molar-refractivity contribution is -0.132. The van der Waals surface area contributed by atoms with Crippen LogP contribution in [0.5, 0.6) is 17.2 Å². The fourth-order valence-corrected chi connectivity index (χ4v) is 2.99. The van der Waals surface area contributed by atoms with Gasteiger partial charge in [0.25, 0.3) is 0 Å². The number of carbonyl (C=O) groups excluding carboxylic acids is 2. The van der Waals surface area contributed by atoms with Gasteiger partial charge in [-0.15, -0.1) is 0 Å². The van der Waals surface area contributed by atoms with Crippen molar-refractivity contribution in [3.8, 4) is 17.2 Å². The summed E-state index contributed by atoms with van der Waals surface area (Å²) in [7, 11) is 4.54. The lowest BCUT2D eigenvalue weighted by Crippen LogP contribution is -2.44. The van der Waals surface area contributed by atoms with Crippen molar-refractivity contribution in [1.82, 2.24) is 4.90 Å². The summed E-state index contributed by atoms with van der Waals surface area (Å²) in [4.78, 5) is 28.0. The monoisotopic (exact) mass is 350 g/mol. The molecule has 1 heterocycles. The molecule has 2 rings (SSSR count). The third kappa shape index (κ3) is 4.35. The third-order valence-corrected chi connectivity index (χ3v) is 4.34. The molecular formula is C18H26N2O5. The molecule has 138 valence electrons. The summed E-state index contributed by atoms with van der Waals surface area (Å²) in [5.74, 6) is 1.05. The zero-order valence-electron chi connectivity index (χ0n) is 15.3. The molecule has 0 N–H and O–H groups in total. The van der Waals surface area contributed by atoms with E-state index in [-0.39, 0.29) is 18.4 Å². The van der Waals surface area contributed by atoms with E-state index in [1.807, 2.05) is 4.90 Å². The number of ether oxygens (including phenoxy) is 3. The van der Waals surface area contributed by atoms with Gasteiger partial charge in [0.05, 0.1) is 27.0 Å². The van der Waals surface area contributed by atoms with E-state index in [0.717, 1.165) is 32.4 Å². The van der Waals surface area contributed by atoms with Gasteiger partial charge >= 0.3 is 0 Å². The lowest BCUT2D eigenvalue weighted by Gasteiger charge is -2.30. The Kier molecular flexibility index (Phi) is 6.50. The van der Waals surface area contributed by atoms with Crippen LogP contribution in [0.1, 0.15) is 26.2 Å². The fourth-order valence-electron chi connectivity index (χ4n) is 2.99. The molecule has 1 saturated heterocycles. The van der Waals surface area contributed by atoms with Crippen LogP contribution in [0.25, 0.3) is 0 Å². The summed E-state index contributed by atoms with van der Waals surface area (Å²) >= 11 is 0. The van der Waals surface area contributed by atoms with E-state index in [2.05, 4.69) is 0 Å². The second-order valence-electron chi connectivity index (χ2n) is 5.93. The van der Waals surface area contributed by atoms with Gasteiger partial charge in [-0.25, -0.2) is 0 Å². The van der Waals surface area contributed by atoms with Gasteiger partial charge in [-0.05, 0) is 19.3 Å². The van der Waals surface area contributed by atoms with Gasteiger partial charge in [0.15, 0.2) is 11.5 Å². The van der Waals surface area contributed by atoms with Gasteiger partial charge in [-0.1, -0.05) is 0 Å². The number of carbonyl (C=O) groups is 2. The van der Waals surface area contributed by atoms with E-state index >= 15 is 0 Å². The van der Waals surface area contributed by atoms with Gasteiger partial charge < -0.3 is 24.0 Å². The number of rotatable bonds is 6. The standard InChI is InChI=1S/C18H26N2O5/c1-13(21)20(12-17(22)19-8-6-5-7-9-19)14-10-15(23-2)18(25-4)16(11-14)24-3/h10-11H,5-9,12H2,1-4H3. The predicted molar refractivity (Wildman–Crippen MR) is 94.6 cm³/mol. The van der Waals surface area contributed by atoms with Crippen molar-refractivity contribution in [3.63, 3.8) is 0 Å². The number of amides is 2. The maximum absolute atomic E-state index is 12.6. The minimum Gasteiger partial charge on any atom is -0.493 e. The molecule has 0 unspecified atom stereocenters. The third-order valence-electron chi connectivity index (χ3n) is 4.34. The molecule has 0 aliphatic carbocycles. The highest BCUT2D eigenvalue weighted by Crippen LogP contribution is 2.41. The molecule has 0 spiro atoms. The molecule has 0 bridgehead atoms. The van der Waals surface area contributed by atoms with Crippen LogP contribution < -0.4 is 19.1 Å². The molecule has 25 heavy (non-hydrogen) atoms. The molecule has 7 heteroatoms. The van der Waals surface area contributed by atoms with Crippen molar-refractivity contribution in [1.29, 1.82) is 0 Å². The highest BCUT2D eigenvalue weighted by Gasteiger charge is 2.24. The van der Waals surface area contributed by atoms with E-state index in [9.17, 15) is 9.59 Å². The first-order valence-corrected chi connectivity index (χ1v) is 8.37. The number of anilines is 1. The Labute approximate surface area is 148 Å². The normalized spacial score (nSPS) is 14.0. The summed E-state index contributed by atoms with van der Waals surface area (Å²) in [5, 5.41) is 0. The maximum atomic E-state index is 12.6. The Morgan fingerprint density at radius 1 is 1.00 bits per heavy atom. The number of methoxy groups -OCH3 is 3. The van der Waals surface area contributed by atoms with E-state index < -0.39 is 0 Å². The Balaban J connectivity index is 2.30. The summed E-state index contributed by atoms with van der Waals surface area (Å²) in [6.07, 6.45) is 3.17. The predicted octanol–water partition coefficient (Wildman–Crippen LogP) is 2.08. The molecular weight excluding hydrogens is 324 g/mol. The highest BCUT2D eigenvalue weighted by molar-refractivity contribution is 5.98. The number of piperidine rings is 1. The van der Waals surface area contributed by atoms with Crippen LogP contribution >= 0.6 is 0 Å². The molecule has 1 fully saturated rings. The molecule has 1 aromatic rings. The number of hydrogen-bond donors (Lipinski definition) is 0. The second kappa shape index (κ2) is 8.60. The first-order chi connectivity index (χ1) is 12.0. The first-order valence-electron chi connectivity index (χ1n) is 8.37. The van der Waals surface area contributed by atoms with Crippen LogP contribution in [-0.4, -0.2) is 57.7 Å². The Morgan fingerprint density at radius 3 is 2.00 bits per heavy atom. The van der Waals surface area contributed by atoms with E-state index in [0.29, 0.717) is 22.9 Å². The summed E-state index contributed by atoms with van der Waals surface area (Å²) in [6.45, 7) is 2.93. The minimum absolute atomic E-state index is 0.00598. The smallest absolute Gasteiger partial charge is 0.242 e. The second-order valence-corrected chi connectivity index (χ2v) is 5.93. The molecule has 1 aromatic carbocycles. The van der Waals surface area contributed by atoms with Crippen molar-refractivity contribution in [2.24, 2.45) is 0 Å². The van der Waals surface area contributed by atoms with Gasteiger partial charge in [0.1, 0.15) is 6.54 Å². The van der Waals surface area contributed by atoms with Gasteiger partial charge in [-0.2, -0.15) is 0 Å². The molecule has 0 aromatic heterocycles. The molecule has 1 aliphatic rings. The number of hydrogen-bond acceptors (Lipinski definition) is 5. The van der Waals surface area contributed by atoms with Crippen LogP contribution in [0, 0.1) is 0 Å². The Hall–Kier alpha value is -2.44. The SMILES string of the molecule is COc1cc(N(CC(=O)N2CCCCC2)C(C)=O)cc(OC)c1OC. The van der Waals surface area contributed by atoms with E-state index in [1.165, 1.54) is 33.2 Å². The largest absolute Gasteiger partial charge is 0.493 e. The van der Waals surface area contributed by atoms with Crippen molar-refractivity contribution in [3.05, 3.63) is 12.1 Å². The van der Waals surface area contributed by atoms with Crippen molar-refractivity contribution in [2.45, 2.75) is 26.2 Å². The van der Waals surface area contributed by atoms with E-state index in [1.54, 1.807) is 12.1 Å². The minimum atomic E-state index is -0.223. The van der Waals surface area contributed by atoms with Crippen LogP contribution in [-0.2, 0) is 9.59 Å². The fraction of sp³-hybridized carbons (Fsp3) is 0.556.